The van der Waals surface area contributed by atoms with Crippen LogP contribution in [0.15, 0.2) is 83.8 Å². The predicted molar refractivity (Wildman–Crippen MR) is 118 cm³/mol. The topological polar surface area (TPSA) is 77.0 Å². The van der Waals surface area contributed by atoms with Crippen molar-refractivity contribution in [3.05, 3.63) is 90.8 Å². The third-order valence-corrected chi connectivity index (χ3v) is 4.81. The van der Waals surface area contributed by atoms with Crippen molar-refractivity contribution in [1.82, 2.24) is 24.6 Å². The summed E-state index contributed by atoms with van der Waals surface area (Å²) in [5, 5.41) is 8.21. The Bertz CT molecular complexity index is 1150. The van der Waals surface area contributed by atoms with Crippen LogP contribution >= 0.6 is 0 Å². The van der Waals surface area contributed by atoms with E-state index in [-0.39, 0.29) is 18.5 Å². The molecule has 0 radical (unpaired) electrons. The molecule has 0 atom stereocenters. The van der Waals surface area contributed by atoms with Gasteiger partial charge in [0, 0.05) is 35.8 Å². The van der Waals surface area contributed by atoms with Crippen LogP contribution in [0.1, 0.15) is 25.3 Å². The van der Waals surface area contributed by atoms with Crippen molar-refractivity contribution >= 4 is 12.0 Å². The van der Waals surface area contributed by atoms with E-state index in [0.717, 1.165) is 16.8 Å². The summed E-state index contributed by atoms with van der Waals surface area (Å²) in [7, 11) is 0. The molecular weight excluding hydrogens is 390 g/mol. The molecule has 0 aliphatic heterocycles. The number of aromatic nitrogens is 4. The molecule has 4 rings (SSSR count). The van der Waals surface area contributed by atoms with E-state index in [2.05, 4.69) is 15.2 Å². The molecule has 0 saturated heterocycles. The molecule has 4 aromatic rings. The molecule has 2 aromatic carbocycles. The van der Waals surface area contributed by atoms with Crippen LogP contribution in [-0.4, -0.2) is 36.6 Å². The van der Waals surface area contributed by atoms with Gasteiger partial charge in [0.25, 0.3) is 0 Å². The maximum Gasteiger partial charge on any atom is 0.247 e. The minimum Gasteiger partial charge on any atom is -0.419 e. The zero-order valence-corrected chi connectivity index (χ0v) is 17.4. The highest BCUT2D eigenvalue weighted by molar-refractivity contribution is 5.91. The molecule has 0 spiro atoms. The molecule has 0 bridgehead atoms. The van der Waals surface area contributed by atoms with E-state index in [4.69, 9.17) is 4.42 Å². The molecule has 0 fully saturated rings. The number of hydrogen-bond donors (Lipinski definition) is 0. The van der Waals surface area contributed by atoms with E-state index in [9.17, 15) is 4.79 Å². The number of carbonyl (C=O) groups excluding carboxylic acids is 1. The first-order chi connectivity index (χ1) is 15.1. The van der Waals surface area contributed by atoms with Crippen molar-refractivity contribution in [2.24, 2.45) is 0 Å². The van der Waals surface area contributed by atoms with E-state index >= 15 is 0 Å². The Labute approximate surface area is 180 Å². The lowest BCUT2D eigenvalue weighted by atomic mass is 10.2. The molecule has 1 amide bonds. The molecule has 7 nitrogen and oxygen atoms in total. The van der Waals surface area contributed by atoms with Crippen molar-refractivity contribution in [2.45, 2.75) is 26.4 Å². The summed E-state index contributed by atoms with van der Waals surface area (Å²) in [4.78, 5) is 18.6. The Kier molecular flexibility index (Phi) is 6.03. The largest absolute Gasteiger partial charge is 0.419 e. The van der Waals surface area contributed by atoms with Crippen molar-refractivity contribution < 1.29 is 9.21 Å². The van der Waals surface area contributed by atoms with Crippen LogP contribution < -0.4 is 0 Å². The van der Waals surface area contributed by atoms with Gasteiger partial charge in [0.05, 0.1) is 12.9 Å². The smallest absolute Gasteiger partial charge is 0.247 e. The summed E-state index contributed by atoms with van der Waals surface area (Å²) >= 11 is 0. The lowest BCUT2D eigenvalue weighted by Crippen LogP contribution is -2.35. The second-order valence-electron chi connectivity index (χ2n) is 7.32. The number of nitrogens with zero attached hydrogens (tertiary/aromatic N) is 5. The average Bonchev–Trinajstić information content (AvgIpc) is 3.49. The molecule has 0 unspecified atom stereocenters. The fourth-order valence-corrected chi connectivity index (χ4v) is 3.11. The van der Waals surface area contributed by atoms with Gasteiger partial charge in [-0.05, 0) is 49.8 Å². The van der Waals surface area contributed by atoms with Gasteiger partial charge in [-0.15, -0.1) is 10.2 Å². The number of rotatable bonds is 7. The quantitative estimate of drug-likeness (QED) is 0.421. The minimum absolute atomic E-state index is 0.0205. The van der Waals surface area contributed by atoms with E-state index in [1.165, 1.54) is 0 Å². The van der Waals surface area contributed by atoms with Gasteiger partial charge in [-0.2, -0.15) is 0 Å². The zero-order valence-electron chi connectivity index (χ0n) is 17.4. The summed E-state index contributed by atoms with van der Waals surface area (Å²) in [5.74, 6) is 0.729. The molecule has 156 valence electrons. The molecule has 0 saturated carbocycles. The van der Waals surface area contributed by atoms with E-state index in [0.29, 0.717) is 11.8 Å². The van der Waals surface area contributed by atoms with Gasteiger partial charge in [0.15, 0.2) is 0 Å². The van der Waals surface area contributed by atoms with Crippen LogP contribution in [0.2, 0.25) is 0 Å². The molecule has 2 heterocycles. The molecule has 31 heavy (non-hydrogen) atoms. The first kappa shape index (κ1) is 20.3. The highest BCUT2D eigenvalue weighted by Crippen LogP contribution is 2.18. The van der Waals surface area contributed by atoms with Gasteiger partial charge in [0.1, 0.15) is 0 Å². The Morgan fingerprint density at radius 2 is 1.87 bits per heavy atom. The average molecular weight is 413 g/mol. The lowest BCUT2D eigenvalue weighted by Gasteiger charge is -2.23. The molecular formula is C24H23N5O2. The second kappa shape index (κ2) is 9.21. The molecule has 0 aliphatic rings. The third-order valence-electron chi connectivity index (χ3n) is 4.81. The standard InChI is InChI=1S/C24H23N5O2/c1-18(2)29(16-22-26-27-24(31-22)20-6-4-3-5-7-20)23(30)13-10-19-8-11-21(12-9-19)28-15-14-25-17-28/h3-15,17-18H,16H2,1-2H3. The number of imidazole rings is 1. The lowest BCUT2D eigenvalue weighted by molar-refractivity contribution is -0.128. The Morgan fingerprint density at radius 1 is 1.10 bits per heavy atom. The van der Waals surface area contributed by atoms with E-state index in [1.54, 1.807) is 29.6 Å². The van der Waals surface area contributed by atoms with Crippen LogP contribution in [0.3, 0.4) is 0 Å². The molecule has 0 N–H and O–H groups in total. The fraction of sp³-hybridized carbons (Fsp3) is 0.167. The van der Waals surface area contributed by atoms with Gasteiger partial charge in [-0.25, -0.2) is 4.98 Å². The second-order valence-corrected chi connectivity index (χ2v) is 7.32. The summed E-state index contributed by atoms with van der Waals surface area (Å²) in [5.41, 5.74) is 2.79. The number of amides is 1. The highest BCUT2D eigenvalue weighted by atomic mass is 16.4. The van der Waals surface area contributed by atoms with Gasteiger partial charge in [-0.1, -0.05) is 30.3 Å². The normalized spacial score (nSPS) is 11.3. The van der Waals surface area contributed by atoms with Gasteiger partial charge in [-0.3, -0.25) is 4.79 Å². The first-order valence-electron chi connectivity index (χ1n) is 10.0. The molecule has 7 heteroatoms. The Hall–Kier alpha value is -4.00. The predicted octanol–water partition coefficient (Wildman–Crippen LogP) is 4.37. The van der Waals surface area contributed by atoms with E-state index < -0.39 is 0 Å². The zero-order chi connectivity index (χ0) is 21.6. The maximum atomic E-state index is 12.8. The van der Waals surface area contributed by atoms with Crippen molar-refractivity contribution in [2.75, 3.05) is 0 Å². The summed E-state index contributed by atoms with van der Waals surface area (Å²) < 4.78 is 7.69. The van der Waals surface area contributed by atoms with Gasteiger partial charge >= 0.3 is 0 Å². The van der Waals surface area contributed by atoms with Crippen molar-refractivity contribution in [3.63, 3.8) is 0 Å². The van der Waals surface area contributed by atoms with Crippen molar-refractivity contribution in [1.29, 1.82) is 0 Å². The molecule has 2 aromatic heterocycles. The van der Waals surface area contributed by atoms with Crippen molar-refractivity contribution in [3.8, 4) is 17.1 Å². The Balaban J connectivity index is 1.43. The fourth-order valence-electron chi connectivity index (χ4n) is 3.11. The van der Waals surface area contributed by atoms with Crippen LogP contribution in [0.25, 0.3) is 23.2 Å². The number of hydrogen-bond acceptors (Lipinski definition) is 5. The Morgan fingerprint density at radius 3 is 2.55 bits per heavy atom. The van der Waals surface area contributed by atoms with Crippen LogP contribution in [0.5, 0.6) is 0 Å². The van der Waals surface area contributed by atoms with E-state index in [1.807, 2.05) is 79.2 Å². The maximum absolute atomic E-state index is 12.8. The summed E-state index contributed by atoms with van der Waals surface area (Å²) in [6.45, 7) is 4.17. The van der Waals surface area contributed by atoms with Crippen LogP contribution in [0.4, 0.5) is 0 Å². The minimum atomic E-state index is -0.117. The molecule has 0 aliphatic carbocycles. The van der Waals surface area contributed by atoms with Crippen LogP contribution in [-0.2, 0) is 11.3 Å². The SMILES string of the molecule is CC(C)N(Cc1nnc(-c2ccccc2)o1)C(=O)C=Cc1ccc(-n2ccnc2)cc1. The summed E-state index contributed by atoms with van der Waals surface area (Å²) in [6, 6.07) is 17.4. The van der Waals surface area contributed by atoms with Crippen LogP contribution in [0, 0.1) is 0 Å². The third kappa shape index (κ3) is 4.95. The summed E-state index contributed by atoms with van der Waals surface area (Å²) in [6.07, 6.45) is 8.74. The number of carbonyl (C=O) groups is 1. The highest BCUT2D eigenvalue weighted by Gasteiger charge is 2.19. The van der Waals surface area contributed by atoms with Gasteiger partial charge in [0.2, 0.25) is 17.7 Å². The van der Waals surface area contributed by atoms with Gasteiger partial charge < -0.3 is 13.9 Å². The number of benzene rings is 2. The monoisotopic (exact) mass is 413 g/mol. The first-order valence-corrected chi connectivity index (χ1v) is 10.0.